The van der Waals surface area contributed by atoms with E-state index in [0.717, 1.165) is 16.8 Å². The average Bonchev–Trinajstić information content (AvgIpc) is 2.77. The Hall–Kier alpha value is -1.56. The number of hydrogen-bond donors (Lipinski definition) is 1. The predicted molar refractivity (Wildman–Crippen MR) is 100 cm³/mol. The molecule has 1 aliphatic heterocycles. The number of anilines is 1. The molecular formula is C18H23ClN2O2S. The molecule has 2 aromatic rings. The summed E-state index contributed by atoms with van der Waals surface area (Å²) in [4.78, 5) is 0.346. The highest BCUT2D eigenvalue weighted by Gasteiger charge is 2.27. The Labute approximate surface area is 150 Å². The molecule has 0 bridgehead atoms. The highest BCUT2D eigenvalue weighted by atomic mass is 35.5. The molecule has 0 atom stereocenters. The molecular weight excluding hydrogens is 344 g/mol. The summed E-state index contributed by atoms with van der Waals surface area (Å²) >= 11 is 0. The van der Waals surface area contributed by atoms with Crippen LogP contribution in [0.4, 0.5) is 5.69 Å². The molecule has 0 aromatic heterocycles. The first kappa shape index (κ1) is 18.8. The molecule has 1 aliphatic rings. The quantitative estimate of drug-likeness (QED) is 0.904. The number of benzene rings is 2. The van der Waals surface area contributed by atoms with Crippen molar-refractivity contribution < 1.29 is 8.42 Å². The summed E-state index contributed by atoms with van der Waals surface area (Å²) in [6.07, 6.45) is 0. The number of nitrogens with one attached hydrogen (secondary N) is 1. The lowest BCUT2D eigenvalue weighted by molar-refractivity contribution is 0.589. The number of sulfonamides is 1. The van der Waals surface area contributed by atoms with E-state index in [4.69, 9.17) is 0 Å². The molecule has 1 heterocycles. The van der Waals surface area contributed by atoms with Crippen LogP contribution in [-0.4, -0.2) is 21.5 Å². The van der Waals surface area contributed by atoms with Crippen LogP contribution < -0.4 is 9.62 Å². The van der Waals surface area contributed by atoms with E-state index in [-0.39, 0.29) is 12.4 Å². The third-order valence-electron chi connectivity index (χ3n) is 4.20. The molecule has 1 N–H and O–H groups in total. The zero-order chi connectivity index (χ0) is 16.4. The van der Waals surface area contributed by atoms with Gasteiger partial charge in [0.25, 0.3) is 10.0 Å². The van der Waals surface area contributed by atoms with Gasteiger partial charge in [0.1, 0.15) is 0 Å². The molecule has 0 unspecified atom stereocenters. The van der Waals surface area contributed by atoms with Crippen molar-refractivity contribution in [2.75, 3.05) is 17.4 Å². The number of hydrogen-bond acceptors (Lipinski definition) is 3. The lowest BCUT2D eigenvalue weighted by Gasteiger charge is -2.24. The van der Waals surface area contributed by atoms with Crippen molar-refractivity contribution in [2.24, 2.45) is 0 Å². The van der Waals surface area contributed by atoms with Gasteiger partial charge in [0.2, 0.25) is 0 Å². The topological polar surface area (TPSA) is 49.4 Å². The van der Waals surface area contributed by atoms with Gasteiger partial charge in [-0.15, -0.1) is 12.4 Å². The minimum absolute atomic E-state index is 0. The van der Waals surface area contributed by atoms with Crippen molar-refractivity contribution in [3.63, 3.8) is 0 Å². The normalized spacial score (nSPS) is 14.7. The van der Waals surface area contributed by atoms with Gasteiger partial charge in [-0.3, -0.25) is 4.31 Å². The Morgan fingerprint density at radius 3 is 2.38 bits per heavy atom. The number of halogens is 1. The van der Waals surface area contributed by atoms with Crippen molar-refractivity contribution in [1.29, 1.82) is 0 Å². The Morgan fingerprint density at radius 2 is 1.71 bits per heavy atom. The van der Waals surface area contributed by atoms with Crippen LogP contribution in [0.15, 0.2) is 53.4 Å². The van der Waals surface area contributed by atoms with Crippen molar-refractivity contribution in [1.82, 2.24) is 5.32 Å². The first-order chi connectivity index (χ1) is 11.0. The van der Waals surface area contributed by atoms with Crippen molar-refractivity contribution in [2.45, 2.75) is 31.2 Å². The van der Waals surface area contributed by atoms with E-state index < -0.39 is 10.0 Å². The largest absolute Gasteiger partial charge is 0.311 e. The van der Waals surface area contributed by atoms with Crippen molar-refractivity contribution in [3.05, 3.63) is 59.7 Å². The van der Waals surface area contributed by atoms with Gasteiger partial charge in [0.05, 0.1) is 10.6 Å². The van der Waals surface area contributed by atoms with Gasteiger partial charge < -0.3 is 5.32 Å². The van der Waals surface area contributed by atoms with Crippen molar-refractivity contribution in [3.8, 4) is 0 Å². The molecule has 3 rings (SSSR count). The molecule has 6 heteroatoms. The molecule has 0 radical (unpaired) electrons. The lowest BCUT2D eigenvalue weighted by atomic mass is 10.0. The fraction of sp³-hybridized carbons (Fsp3) is 0.333. The second-order valence-corrected chi connectivity index (χ2v) is 7.97. The van der Waals surface area contributed by atoms with Crippen LogP contribution in [0.2, 0.25) is 0 Å². The molecule has 4 nitrogen and oxygen atoms in total. The minimum Gasteiger partial charge on any atom is -0.311 e. The fourth-order valence-electron chi connectivity index (χ4n) is 2.83. The third-order valence-corrected chi connectivity index (χ3v) is 6.03. The molecule has 2 aromatic carbocycles. The fourth-order valence-corrected chi connectivity index (χ4v) is 4.33. The van der Waals surface area contributed by atoms with Gasteiger partial charge >= 0.3 is 0 Å². The highest BCUT2D eigenvalue weighted by molar-refractivity contribution is 7.92. The molecule has 0 spiro atoms. The van der Waals surface area contributed by atoms with E-state index in [1.807, 2.05) is 36.4 Å². The molecule has 24 heavy (non-hydrogen) atoms. The summed E-state index contributed by atoms with van der Waals surface area (Å²) in [5, 5.41) is 3.27. The van der Waals surface area contributed by atoms with Crippen LogP contribution in [0.5, 0.6) is 0 Å². The summed E-state index contributed by atoms with van der Waals surface area (Å²) in [7, 11) is -3.55. The maximum absolute atomic E-state index is 13.1. The molecule has 0 aliphatic carbocycles. The summed E-state index contributed by atoms with van der Waals surface area (Å²) in [6, 6.07) is 14.9. The highest BCUT2D eigenvalue weighted by Crippen LogP contribution is 2.28. The summed E-state index contributed by atoms with van der Waals surface area (Å²) < 4.78 is 27.7. The van der Waals surface area contributed by atoms with Gasteiger partial charge in [-0.2, -0.15) is 0 Å². The number of fused-ring (bicyclic) bond motifs is 1. The average molecular weight is 367 g/mol. The van der Waals surface area contributed by atoms with E-state index in [1.54, 1.807) is 12.1 Å². The standard InChI is InChI=1S/C18H22N2O2S.ClH/c1-14(2)15-7-9-17(10-8-15)23(21,22)20-12-11-19-13-16-5-3-4-6-18(16)20;/h3-10,14,19H,11-13H2,1-2H3;1H. The Kier molecular flexibility index (Phi) is 5.91. The van der Waals surface area contributed by atoms with E-state index >= 15 is 0 Å². The van der Waals surface area contributed by atoms with Gasteiger partial charge in [-0.05, 0) is 35.2 Å². The van der Waals surface area contributed by atoms with E-state index in [0.29, 0.717) is 30.4 Å². The number of nitrogens with zero attached hydrogens (tertiary/aromatic N) is 1. The minimum atomic E-state index is -3.55. The van der Waals surface area contributed by atoms with Gasteiger partial charge in [-0.25, -0.2) is 8.42 Å². The molecule has 0 saturated carbocycles. The Balaban J connectivity index is 0.00000208. The second kappa shape index (κ2) is 7.55. The molecule has 0 fully saturated rings. The summed E-state index contributed by atoms with van der Waals surface area (Å²) in [5.74, 6) is 0.384. The second-order valence-electron chi connectivity index (χ2n) is 6.11. The molecule has 0 amide bonds. The number of rotatable bonds is 3. The van der Waals surface area contributed by atoms with Gasteiger partial charge in [0, 0.05) is 19.6 Å². The van der Waals surface area contributed by atoms with E-state index in [1.165, 1.54) is 4.31 Å². The van der Waals surface area contributed by atoms with Crippen LogP contribution >= 0.6 is 12.4 Å². The first-order valence-corrected chi connectivity index (χ1v) is 9.35. The summed E-state index contributed by atoms with van der Waals surface area (Å²) in [5.41, 5.74) is 2.92. The van der Waals surface area contributed by atoms with Crippen LogP contribution in [0.3, 0.4) is 0 Å². The maximum Gasteiger partial charge on any atom is 0.264 e. The lowest BCUT2D eigenvalue weighted by Crippen LogP contribution is -2.34. The molecule has 130 valence electrons. The molecule has 0 saturated heterocycles. The maximum atomic E-state index is 13.1. The Morgan fingerprint density at radius 1 is 1.04 bits per heavy atom. The van der Waals surface area contributed by atoms with Crippen LogP contribution in [0.25, 0.3) is 0 Å². The predicted octanol–water partition coefficient (Wildman–Crippen LogP) is 3.53. The number of para-hydroxylation sites is 1. The zero-order valence-electron chi connectivity index (χ0n) is 13.9. The first-order valence-electron chi connectivity index (χ1n) is 7.91. The van der Waals surface area contributed by atoms with Crippen LogP contribution in [-0.2, 0) is 16.6 Å². The monoisotopic (exact) mass is 366 g/mol. The van der Waals surface area contributed by atoms with E-state index in [2.05, 4.69) is 19.2 Å². The smallest absolute Gasteiger partial charge is 0.264 e. The summed E-state index contributed by atoms with van der Waals surface area (Å²) in [6.45, 7) is 5.96. The Bertz CT molecular complexity index is 789. The van der Waals surface area contributed by atoms with Gasteiger partial charge in [-0.1, -0.05) is 44.2 Å². The van der Waals surface area contributed by atoms with E-state index in [9.17, 15) is 8.42 Å². The third kappa shape index (κ3) is 3.58. The van der Waals surface area contributed by atoms with Gasteiger partial charge in [0.15, 0.2) is 0 Å². The van der Waals surface area contributed by atoms with Crippen LogP contribution in [0, 0.1) is 0 Å². The SMILES string of the molecule is CC(C)c1ccc(S(=O)(=O)N2CCNCc3ccccc32)cc1.Cl. The van der Waals surface area contributed by atoms with Crippen molar-refractivity contribution >= 4 is 28.1 Å². The van der Waals surface area contributed by atoms with Crippen LogP contribution in [0.1, 0.15) is 30.9 Å². The zero-order valence-corrected chi connectivity index (χ0v) is 15.5.